The second-order valence-corrected chi connectivity index (χ2v) is 28.0. The number of ether oxygens (including phenoxy) is 3. The Morgan fingerprint density at radius 1 is 0.463 bits per heavy atom. The van der Waals surface area contributed by atoms with Crippen LogP contribution in [0.1, 0.15) is 27.3 Å². The van der Waals surface area contributed by atoms with E-state index in [-0.39, 0.29) is 77.4 Å². The molecule has 7 aromatic carbocycles. The van der Waals surface area contributed by atoms with Gasteiger partial charge in [0.25, 0.3) is 16.7 Å². The Morgan fingerprint density at radius 2 is 0.852 bits per heavy atom. The van der Waals surface area contributed by atoms with Crippen molar-refractivity contribution in [3.8, 4) is 40.2 Å². The molecule has 0 fully saturated rings. The molecule has 0 aliphatic heterocycles. The highest BCUT2D eigenvalue weighted by Gasteiger charge is 2.32. The standard InChI is InChI=1S/C27H19N5O5S.C26H17F3N2O5S.C23H17N3O5S2/c1-36-18-13-11-16(12-14-18)15-31-20-10-6-5-9-19(20)23-21(25(31)34)22(33)24(26(35)37-23)38-27-28-29-30-32(27)17-7-3-2-4-8-17;1-35-16-9-6-14(7-10-16)13-31-18-5-3-2-4-17(18)22-20(24(31)33)21(32)23(25(34)36-22)37-19-11-8-15(12-30-19)26(27,28)29;1-12-24-25-23(32-12)33-20-18(27)17-19(31-22(20)29)15-5-3-4-6-16(15)26(21(17)28)11-13-7-9-14(30-2)10-8-13/h2-14,33H,15H2,1H3;2-12,32H,13H2,1H3;3-10,27H,11H2,1-2H3. The van der Waals surface area contributed by atoms with Crippen LogP contribution in [0.2, 0.25) is 0 Å². The van der Waals surface area contributed by atoms with Gasteiger partial charge in [-0.25, -0.2) is 19.4 Å². The molecule has 3 N–H and O–H groups in total. The first-order valence-corrected chi connectivity index (χ1v) is 35.5. The molecule has 0 amide bonds. The predicted molar refractivity (Wildman–Crippen MR) is 399 cm³/mol. The van der Waals surface area contributed by atoms with Gasteiger partial charge in [0.15, 0.2) is 38.3 Å². The van der Waals surface area contributed by atoms with Crippen LogP contribution < -0.4 is 47.8 Å². The number of hydrogen-bond acceptors (Lipinski definition) is 25. The van der Waals surface area contributed by atoms with Gasteiger partial charge in [0.2, 0.25) is 5.16 Å². The number of fused-ring (bicyclic) bond motifs is 9. The number of aryl methyl sites for hydroxylation is 1. The number of hydrogen-bond donors (Lipinski definition) is 3. The van der Waals surface area contributed by atoms with Crippen molar-refractivity contribution in [2.24, 2.45) is 0 Å². The summed E-state index contributed by atoms with van der Waals surface area (Å²) < 4.78 is 77.3. The molecule has 0 bridgehead atoms. The molecule has 0 spiro atoms. The number of nitrogens with zero attached hydrogens (tertiary/aromatic N) is 10. The molecular weight excluding hydrogens is 1480 g/mol. The van der Waals surface area contributed by atoms with Gasteiger partial charge >= 0.3 is 23.1 Å². The zero-order chi connectivity index (χ0) is 75.7. The van der Waals surface area contributed by atoms with E-state index in [2.05, 4.69) is 30.7 Å². The molecule has 0 saturated carbocycles. The summed E-state index contributed by atoms with van der Waals surface area (Å²) in [5.41, 5.74) is -0.205. The predicted octanol–water partition coefficient (Wildman–Crippen LogP) is 13.6. The average Bonchev–Trinajstić information content (AvgIpc) is 0.796. The van der Waals surface area contributed by atoms with Crippen LogP contribution >= 0.6 is 46.6 Å². The Kier molecular flexibility index (Phi) is 20.3. The lowest BCUT2D eigenvalue weighted by Gasteiger charge is -2.14. The Labute approximate surface area is 620 Å². The van der Waals surface area contributed by atoms with Crippen LogP contribution in [0.4, 0.5) is 13.2 Å². The fourth-order valence-electron chi connectivity index (χ4n) is 11.8. The van der Waals surface area contributed by atoms with E-state index in [1.807, 2.05) is 66.7 Å². The molecule has 108 heavy (non-hydrogen) atoms. The topological polar surface area (TPSA) is 327 Å². The normalized spacial score (nSPS) is 11.5. The molecule has 0 radical (unpaired) electrons. The van der Waals surface area contributed by atoms with Crippen LogP contribution in [0.3, 0.4) is 0 Å². The van der Waals surface area contributed by atoms with Crippen molar-refractivity contribution in [3.63, 3.8) is 0 Å². The summed E-state index contributed by atoms with van der Waals surface area (Å²) in [6, 6.07) is 53.8. The maximum absolute atomic E-state index is 13.8. The van der Waals surface area contributed by atoms with Gasteiger partial charge in [0, 0.05) is 22.4 Å². The summed E-state index contributed by atoms with van der Waals surface area (Å²) in [6.45, 7) is 2.43. The number of aromatic hydroxyl groups is 3. The lowest BCUT2D eigenvalue weighted by atomic mass is 10.1. The third kappa shape index (κ3) is 14.3. The quantitative estimate of drug-likeness (QED) is 0.0757. The van der Waals surface area contributed by atoms with Crippen molar-refractivity contribution in [3.05, 3.63) is 284 Å². The van der Waals surface area contributed by atoms with E-state index in [4.69, 9.17) is 27.5 Å². The molecule has 0 atom stereocenters. The van der Waals surface area contributed by atoms with Gasteiger partial charge in [-0.2, -0.15) is 17.9 Å². The van der Waals surface area contributed by atoms with Gasteiger partial charge < -0.3 is 56.5 Å². The van der Waals surface area contributed by atoms with E-state index in [1.54, 1.807) is 147 Å². The molecule has 0 aliphatic carbocycles. The van der Waals surface area contributed by atoms with E-state index >= 15 is 0 Å². The highest BCUT2D eigenvalue weighted by atomic mass is 32.2. The van der Waals surface area contributed by atoms with Gasteiger partial charge in [-0.05, 0) is 155 Å². The van der Waals surface area contributed by atoms with Crippen molar-refractivity contribution in [2.45, 2.75) is 61.9 Å². The largest absolute Gasteiger partial charge is 0.505 e. The Hall–Kier alpha value is -12.8. The minimum Gasteiger partial charge on any atom is -0.505 e. The number of methoxy groups -OCH3 is 3. The molecule has 9 aromatic heterocycles. The third-order valence-electron chi connectivity index (χ3n) is 17.0. The lowest BCUT2D eigenvalue weighted by Crippen LogP contribution is -2.22. The first-order chi connectivity index (χ1) is 52.2. The first-order valence-electron chi connectivity index (χ1n) is 32.2. The lowest BCUT2D eigenvalue weighted by molar-refractivity contribution is -0.137. The molecule has 0 unspecified atom stereocenters. The van der Waals surface area contributed by atoms with Crippen molar-refractivity contribution in [2.75, 3.05) is 21.3 Å². The van der Waals surface area contributed by atoms with Crippen molar-refractivity contribution in [1.29, 1.82) is 0 Å². The number of benzene rings is 7. The number of para-hydroxylation sites is 4. The monoisotopic (exact) mass is 1530 g/mol. The number of pyridine rings is 4. The van der Waals surface area contributed by atoms with Crippen LogP contribution in [0.5, 0.6) is 34.5 Å². The zero-order valence-corrected chi connectivity index (χ0v) is 59.8. The van der Waals surface area contributed by atoms with Gasteiger partial charge in [-0.3, -0.25) is 14.4 Å². The smallest absolute Gasteiger partial charge is 0.417 e. The van der Waals surface area contributed by atoms with E-state index in [1.165, 1.54) is 20.6 Å². The van der Waals surface area contributed by atoms with Gasteiger partial charge in [-0.1, -0.05) is 114 Å². The van der Waals surface area contributed by atoms with Crippen LogP contribution in [-0.2, 0) is 25.8 Å². The average molecular weight is 1530 g/mol. The maximum atomic E-state index is 13.8. The molecule has 9 heterocycles. The van der Waals surface area contributed by atoms with E-state index < -0.39 is 62.5 Å². The zero-order valence-electron chi connectivity index (χ0n) is 56.6. The van der Waals surface area contributed by atoms with Gasteiger partial charge in [-0.15, -0.1) is 15.3 Å². The van der Waals surface area contributed by atoms with Crippen molar-refractivity contribution >= 4 is 112 Å². The summed E-state index contributed by atoms with van der Waals surface area (Å²) >= 11 is 3.63. The summed E-state index contributed by atoms with van der Waals surface area (Å²) in [4.78, 5) is 82.7. The molecule has 32 heteroatoms. The van der Waals surface area contributed by atoms with E-state index in [0.717, 1.165) is 57.4 Å². The van der Waals surface area contributed by atoms with Gasteiger partial charge in [0.05, 0.1) is 68.8 Å². The highest BCUT2D eigenvalue weighted by Crippen LogP contribution is 2.42. The van der Waals surface area contributed by atoms with Crippen LogP contribution in [0.25, 0.3) is 71.3 Å². The van der Waals surface area contributed by atoms with Crippen LogP contribution in [-0.4, -0.2) is 85.7 Å². The molecule has 16 rings (SSSR count). The Balaban J connectivity index is 0.000000136. The molecule has 0 saturated heterocycles. The van der Waals surface area contributed by atoms with E-state index in [0.29, 0.717) is 77.9 Å². The summed E-state index contributed by atoms with van der Waals surface area (Å²) in [5, 5.41) is 55.1. The SMILES string of the molecule is COc1ccc(Cn2c(=O)c3c(O)c(Sc4ccc(C(F)(F)F)cn4)c(=O)oc3c3ccccc32)cc1.COc1ccc(Cn2c(=O)c3c(O)c(Sc4nnc(C)s4)c(=O)oc3c3ccccc32)cc1.COc1ccc(Cn2c(=O)c3c(O)c(Sc4nnnn4-c4ccccc4)c(=O)oc3c3ccccc32)cc1. The minimum atomic E-state index is -4.57. The molecule has 25 nitrogen and oxygen atoms in total. The molecule has 542 valence electrons. The summed E-state index contributed by atoms with van der Waals surface area (Å²) in [7, 11) is 4.72. The fourth-order valence-corrected chi connectivity index (χ4v) is 15.2. The van der Waals surface area contributed by atoms with E-state index in [9.17, 15) is 57.3 Å². The number of tetrazole rings is 1. The Morgan fingerprint density at radius 3 is 1.22 bits per heavy atom. The van der Waals surface area contributed by atoms with Crippen molar-refractivity contribution in [1.82, 2.24) is 49.1 Å². The fraction of sp³-hybridized carbons (Fsp3) is 0.105. The van der Waals surface area contributed by atoms with Gasteiger partial charge in [0.1, 0.15) is 58.1 Å². The summed E-state index contributed by atoms with van der Waals surface area (Å²) in [6.07, 6.45) is -3.95. The third-order valence-corrected chi connectivity index (χ3v) is 20.9. The molecule has 16 aromatic rings. The number of alkyl halides is 3. The maximum Gasteiger partial charge on any atom is 0.417 e. The number of rotatable bonds is 16. The van der Waals surface area contributed by atoms with Crippen molar-refractivity contribution < 1.29 is 56.0 Å². The first kappa shape index (κ1) is 72.2. The molecular formula is C76H53F3N10O15S4. The highest BCUT2D eigenvalue weighted by molar-refractivity contribution is 8.01. The second-order valence-electron chi connectivity index (χ2n) is 23.6. The minimum absolute atomic E-state index is 0.00861. The number of aromatic nitrogens is 10. The van der Waals surface area contributed by atoms with Crippen LogP contribution in [0.15, 0.2) is 265 Å². The molecule has 0 aliphatic rings. The number of halogens is 3. The summed E-state index contributed by atoms with van der Waals surface area (Å²) in [5.74, 6) is 0.530. The van der Waals surface area contributed by atoms with Crippen LogP contribution in [0, 0.1) is 6.92 Å². The second kappa shape index (κ2) is 30.4. The Bertz CT molecular complexity index is 6530.